The van der Waals surface area contributed by atoms with Crippen LogP contribution in [0.5, 0.6) is 0 Å². The Hall–Kier alpha value is -2.29. The predicted molar refractivity (Wildman–Crippen MR) is 89.6 cm³/mol. The fourth-order valence-electron chi connectivity index (χ4n) is 3.12. The minimum Gasteiger partial charge on any atom is -0.341 e. The van der Waals surface area contributed by atoms with E-state index in [1.165, 1.54) is 23.4 Å². The summed E-state index contributed by atoms with van der Waals surface area (Å²) in [6.45, 7) is 1.05. The van der Waals surface area contributed by atoms with Gasteiger partial charge in [0.2, 0.25) is 5.91 Å². The number of aryl methyl sites for hydroxylation is 1. The van der Waals surface area contributed by atoms with Gasteiger partial charge in [-0.15, -0.1) is 0 Å². The van der Waals surface area contributed by atoms with Gasteiger partial charge in [-0.3, -0.25) is 4.79 Å². The first-order valence-corrected chi connectivity index (χ1v) is 8.08. The molecule has 0 aromatic heterocycles. The smallest absolute Gasteiger partial charge is 0.227 e. The molecule has 3 nitrogen and oxygen atoms in total. The van der Waals surface area contributed by atoms with Gasteiger partial charge in [0.15, 0.2) is 0 Å². The number of rotatable bonds is 3. The molecular weight excluding hydrogens is 272 g/mol. The van der Waals surface area contributed by atoms with Crippen molar-refractivity contribution in [2.24, 2.45) is 5.92 Å². The summed E-state index contributed by atoms with van der Waals surface area (Å²) in [5.41, 5.74) is 4.81. The molecule has 1 saturated carbocycles. The molecule has 1 amide bonds. The van der Waals surface area contributed by atoms with Crippen molar-refractivity contribution in [3.63, 3.8) is 0 Å². The number of carbonyl (C=O) groups excluding carboxylic acids is 1. The van der Waals surface area contributed by atoms with E-state index < -0.39 is 0 Å². The first kappa shape index (κ1) is 13.4. The Morgan fingerprint density at radius 1 is 1.05 bits per heavy atom. The van der Waals surface area contributed by atoms with E-state index in [0.717, 1.165) is 31.5 Å². The van der Waals surface area contributed by atoms with Gasteiger partial charge in [0.05, 0.1) is 0 Å². The highest BCUT2D eigenvalue weighted by Crippen LogP contribution is 2.34. The van der Waals surface area contributed by atoms with Gasteiger partial charge in [0, 0.05) is 29.5 Å². The van der Waals surface area contributed by atoms with E-state index in [-0.39, 0.29) is 11.8 Å². The summed E-state index contributed by atoms with van der Waals surface area (Å²) < 4.78 is 0. The van der Waals surface area contributed by atoms with Crippen LogP contribution in [0.1, 0.15) is 24.8 Å². The molecule has 0 radical (unpaired) electrons. The van der Waals surface area contributed by atoms with Crippen molar-refractivity contribution in [2.75, 3.05) is 16.8 Å². The van der Waals surface area contributed by atoms with Crippen molar-refractivity contribution < 1.29 is 4.79 Å². The zero-order valence-electron chi connectivity index (χ0n) is 12.6. The molecule has 0 spiro atoms. The summed E-state index contributed by atoms with van der Waals surface area (Å²) in [4.78, 5) is 14.2. The molecule has 2 aromatic rings. The summed E-state index contributed by atoms with van der Waals surface area (Å²) in [5, 5.41) is 3.00. The third-order valence-corrected chi connectivity index (χ3v) is 4.50. The first-order valence-electron chi connectivity index (χ1n) is 8.08. The zero-order valence-corrected chi connectivity index (χ0v) is 12.6. The maximum Gasteiger partial charge on any atom is 0.227 e. The normalized spacial score (nSPS) is 17.0. The van der Waals surface area contributed by atoms with E-state index in [9.17, 15) is 4.79 Å². The lowest BCUT2D eigenvalue weighted by Gasteiger charge is -2.31. The Balaban J connectivity index is 1.55. The van der Waals surface area contributed by atoms with Crippen molar-refractivity contribution in [3.05, 3.63) is 54.1 Å². The van der Waals surface area contributed by atoms with Crippen molar-refractivity contribution in [2.45, 2.75) is 25.7 Å². The van der Waals surface area contributed by atoms with Gasteiger partial charge >= 0.3 is 0 Å². The van der Waals surface area contributed by atoms with Crippen LogP contribution in [0.2, 0.25) is 0 Å². The van der Waals surface area contributed by atoms with Crippen LogP contribution in [0.4, 0.5) is 17.1 Å². The number of amides is 1. The van der Waals surface area contributed by atoms with E-state index >= 15 is 0 Å². The van der Waals surface area contributed by atoms with Gasteiger partial charge in [-0.1, -0.05) is 18.2 Å². The Bertz CT molecular complexity index is 689. The van der Waals surface area contributed by atoms with Gasteiger partial charge in [0.25, 0.3) is 0 Å². The van der Waals surface area contributed by atoms with Crippen LogP contribution in [-0.2, 0) is 11.2 Å². The first-order chi connectivity index (χ1) is 10.8. The van der Waals surface area contributed by atoms with Crippen LogP contribution in [0.15, 0.2) is 48.5 Å². The molecule has 112 valence electrons. The second-order valence-corrected chi connectivity index (χ2v) is 6.19. The number of nitrogens with one attached hydrogen (secondary N) is 1. The van der Waals surface area contributed by atoms with Crippen LogP contribution >= 0.6 is 0 Å². The van der Waals surface area contributed by atoms with Gasteiger partial charge in [-0.25, -0.2) is 0 Å². The third-order valence-electron chi connectivity index (χ3n) is 4.50. The summed E-state index contributed by atoms with van der Waals surface area (Å²) in [6, 6.07) is 16.8. The Morgan fingerprint density at radius 3 is 2.59 bits per heavy atom. The van der Waals surface area contributed by atoms with Crippen LogP contribution in [0, 0.1) is 5.92 Å². The number of nitrogens with zero attached hydrogens (tertiary/aromatic N) is 1. The van der Waals surface area contributed by atoms with Crippen molar-refractivity contribution >= 4 is 23.0 Å². The lowest BCUT2D eigenvalue weighted by molar-refractivity contribution is -0.117. The third kappa shape index (κ3) is 2.59. The maximum atomic E-state index is 11.8. The molecule has 2 aromatic carbocycles. The highest BCUT2D eigenvalue weighted by molar-refractivity contribution is 5.94. The Labute approximate surface area is 131 Å². The molecule has 1 heterocycles. The number of benzene rings is 2. The molecule has 4 rings (SSSR count). The van der Waals surface area contributed by atoms with Crippen LogP contribution in [0.3, 0.4) is 0 Å². The summed E-state index contributed by atoms with van der Waals surface area (Å²) in [7, 11) is 0. The molecule has 22 heavy (non-hydrogen) atoms. The number of fused-ring (bicyclic) bond motifs is 1. The molecule has 1 fully saturated rings. The topological polar surface area (TPSA) is 32.3 Å². The highest BCUT2D eigenvalue weighted by Gasteiger charge is 2.29. The van der Waals surface area contributed by atoms with Crippen molar-refractivity contribution in [3.8, 4) is 0 Å². The van der Waals surface area contributed by atoms with Gasteiger partial charge < -0.3 is 10.2 Å². The molecule has 0 saturated heterocycles. The van der Waals surface area contributed by atoms with Crippen molar-refractivity contribution in [1.29, 1.82) is 0 Å². The SMILES string of the molecule is O=C(Nc1ccc(N2CCCc3ccccc32)cc1)C1CC1. The quantitative estimate of drug-likeness (QED) is 0.923. The number of hydrogen-bond acceptors (Lipinski definition) is 2. The van der Waals surface area contributed by atoms with Gasteiger partial charge in [-0.2, -0.15) is 0 Å². The van der Waals surface area contributed by atoms with Crippen LogP contribution in [0.25, 0.3) is 0 Å². The summed E-state index contributed by atoms with van der Waals surface area (Å²) in [5.74, 6) is 0.407. The van der Waals surface area contributed by atoms with Crippen molar-refractivity contribution in [1.82, 2.24) is 0 Å². The summed E-state index contributed by atoms with van der Waals surface area (Å²) in [6.07, 6.45) is 4.41. The maximum absolute atomic E-state index is 11.8. The molecule has 1 aliphatic carbocycles. The van der Waals surface area contributed by atoms with Gasteiger partial charge in [-0.05, 0) is 61.6 Å². The Morgan fingerprint density at radius 2 is 1.82 bits per heavy atom. The molecule has 0 unspecified atom stereocenters. The number of anilines is 3. The van der Waals surface area contributed by atoms with E-state index in [4.69, 9.17) is 0 Å². The summed E-state index contributed by atoms with van der Waals surface area (Å²) >= 11 is 0. The minimum absolute atomic E-state index is 0.163. The van der Waals surface area contributed by atoms with Gasteiger partial charge in [0.1, 0.15) is 0 Å². The number of carbonyl (C=O) groups is 1. The fraction of sp³-hybridized carbons (Fsp3) is 0.316. The number of para-hydroxylation sites is 1. The molecule has 0 atom stereocenters. The van der Waals surface area contributed by atoms with E-state index in [1.54, 1.807) is 0 Å². The standard InChI is InChI=1S/C19H20N2O/c22-19(15-7-8-15)20-16-9-11-17(12-10-16)21-13-3-5-14-4-1-2-6-18(14)21/h1-2,4,6,9-12,15H,3,5,7-8,13H2,(H,20,22). The minimum atomic E-state index is 0.163. The highest BCUT2D eigenvalue weighted by atomic mass is 16.2. The second kappa shape index (κ2) is 5.48. The molecule has 2 aliphatic rings. The molecule has 1 aliphatic heterocycles. The fourth-order valence-corrected chi connectivity index (χ4v) is 3.12. The van der Waals surface area contributed by atoms with E-state index in [0.29, 0.717) is 0 Å². The van der Waals surface area contributed by atoms with Crippen LogP contribution < -0.4 is 10.2 Å². The monoisotopic (exact) mass is 292 g/mol. The lowest BCUT2D eigenvalue weighted by Crippen LogP contribution is -2.24. The Kier molecular flexibility index (Phi) is 3.34. The van der Waals surface area contributed by atoms with E-state index in [2.05, 4.69) is 46.6 Å². The predicted octanol–water partition coefficient (Wildman–Crippen LogP) is 4.12. The molecule has 1 N–H and O–H groups in total. The number of hydrogen-bond donors (Lipinski definition) is 1. The average Bonchev–Trinajstić information content (AvgIpc) is 3.40. The van der Waals surface area contributed by atoms with Crippen LogP contribution in [-0.4, -0.2) is 12.5 Å². The molecular formula is C19H20N2O. The largest absolute Gasteiger partial charge is 0.341 e. The molecule has 3 heteroatoms. The average molecular weight is 292 g/mol. The zero-order chi connectivity index (χ0) is 14.9. The second-order valence-electron chi connectivity index (χ2n) is 6.19. The molecule has 0 bridgehead atoms. The lowest BCUT2D eigenvalue weighted by atomic mass is 10.0. The van der Waals surface area contributed by atoms with E-state index in [1.807, 2.05) is 12.1 Å².